The summed E-state index contributed by atoms with van der Waals surface area (Å²) >= 11 is 0. The molecule has 1 heterocycles. The van der Waals surface area contributed by atoms with Gasteiger partial charge in [-0.05, 0) is 30.3 Å². The number of fused-ring (bicyclic) bond motifs is 3. The number of hydrazine groups is 1. The maximum absolute atomic E-state index is 14.1. The second kappa shape index (κ2) is 7.53. The van der Waals surface area contributed by atoms with E-state index in [-0.39, 0.29) is 12.4 Å². The number of para-hydroxylation sites is 1. The Hall–Kier alpha value is -3.29. The lowest BCUT2D eigenvalue weighted by atomic mass is 10.1. The molecule has 0 amide bonds. The van der Waals surface area contributed by atoms with Gasteiger partial charge in [-0.1, -0.05) is 24.3 Å². The number of nitrogens with one attached hydrogen (secondary N) is 1. The fraction of sp³-hybridized carbons (Fsp3) is 0.0500. The van der Waals surface area contributed by atoms with E-state index < -0.39 is 11.6 Å². The van der Waals surface area contributed by atoms with E-state index in [0.29, 0.717) is 11.1 Å². The van der Waals surface area contributed by atoms with Crippen LogP contribution >= 0.6 is 0 Å². The second-order valence-corrected chi connectivity index (χ2v) is 5.98. The standard InChI is InChI=1S/C20H15F2N3.H4N2/c21-14-7-5-13(17(22)10-14)11-25-18-4-2-1-3-15(18)16-9-12(20(23)24)6-8-19(16)25;1-2/h1-10H,11H2,(H3,23,24);1-2H2. The van der Waals surface area contributed by atoms with Crippen molar-refractivity contribution in [1.82, 2.24) is 4.57 Å². The van der Waals surface area contributed by atoms with Gasteiger partial charge in [-0.2, -0.15) is 0 Å². The Morgan fingerprint density at radius 1 is 0.889 bits per heavy atom. The van der Waals surface area contributed by atoms with E-state index in [4.69, 9.17) is 11.1 Å². The normalized spacial score (nSPS) is 10.7. The molecule has 7 heteroatoms. The summed E-state index contributed by atoms with van der Waals surface area (Å²) in [5.41, 5.74) is 8.52. The number of benzene rings is 3. The van der Waals surface area contributed by atoms with Crippen LogP contribution in [-0.4, -0.2) is 10.4 Å². The van der Waals surface area contributed by atoms with Crippen LogP contribution < -0.4 is 17.4 Å². The Bertz CT molecular complexity index is 1130. The molecule has 0 spiro atoms. The van der Waals surface area contributed by atoms with Gasteiger partial charge in [0.15, 0.2) is 0 Å². The van der Waals surface area contributed by atoms with Crippen LogP contribution in [0.1, 0.15) is 11.1 Å². The number of hydrogen-bond donors (Lipinski definition) is 4. The highest BCUT2D eigenvalue weighted by atomic mass is 19.1. The van der Waals surface area contributed by atoms with Crippen molar-refractivity contribution in [2.75, 3.05) is 0 Å². The minimum absolute atomic E-state index is 0.00306. The minimum atomic E-state index is -0.588. The molecule has 0 aliphatic carbocycles. The molecule has 27 heavy (non-hydrogen) atoms. The second-order valence-electron chi connectivity index (χ2n) is 5.98. The summed E-state index contributed by atoms with van der Waals surface area (Å²) in [4.78, 5) is 0. The molecule has 0 saturated carbocycles. The number of nitrogen functional groups attached to an aromatic ring is 1. The molecule has 0 aliphatic rings. The average molecular weight is 367 g/mol. The van der Waals surface area contributed by atoms with Gasteiger partial charge in [-0.15, -0.1) is 0 Å². The largest absolute Gasteiger partial charge is 0.384 e. The fourth-order valence-corrected chi connectivity index (χ4v) is 3.21. The first-order chi connectivity index (χ1) is 13.0. The molecule has 0 bridgehead atoms. The van der Waals surface area contributed by atoms with Gasteiger partial charge in [0.05, 0.1) is 6.54 Å². The van der Waals surface area contributed by atoms with Crippen LogP contribution in [0.15, 0.2) is 60.7 Å². The monoisotopic (exact) mass is 367 g/mol. The summed E-state index contributed by atoms with van der Waals surface area (Å²) in [5, 5.41) is 9.59. The number of rotatable bonds is 3. The maximum atomic E-state index is 14.1. The first kappa shape index (κ1) is 18.5. The zero-order valence-electron chi connectivity index (χ0n) is 14.4. The number of nitrogens with two attached hydrogens (primary N) is 3. The van der Waals surface area contributed by atoms with E-state index in [9.17, 15) is 8.78 Å². The number of aromatic nitrogens is 1. The highest BCUT2D eigenvalue weighted by Gasteiger charge is 2.13. The molecule has 7 N–H and O–H groups in total. The molecule has 0 fully saturated rings. The van der Waals surface area contributed by atoms with E-state index in [1.165, 1.54) is 12.1 Å². The summed E-state index contributed by atoms with van der Waals surface area (Å²) in [6.45, 7) is 0.287. The molecule has 0 saturated heterocycles. The molecule has 5 nitrogen and oxygen atoms in total. The first-order valence-electron chi connectivity index (χ1n) is 8.17. The van der Waals surface area contributed by atoms with Gasteiger partial charge in [0.2, 0.25) is 0 Å². The van der Waals surface area contributed by atoms with Crippen LogP contribution in [0.25, 0.3) is 21.8 Å². The van der Waals surface area contributed by atoms with Gasteiger partial charge >= 0.3 is 0 Å². The Labute approximate surface area is 154 Å². The van der Waals surface area contributed by atoms with Crippen LogP contribution in [0.4, 0.5) is 8.78 Å². The quantitative estimate of drug-likeness (QED) is 0.193. The van der Waals surface area contributed by atoms with Gasteiger partial charge in [0, 0.05) is 39.0 Å². The highest BCUT2D eigenvalue weighted by Crippen LogP contribution is 2.30. The summed E-state index contributed by atoms with van der Waals surface area (Å²) in [7, 11) is 0. The van der Waals surface area contributed by atoms with Crippen LogP contribution in [0.3, 0.4) is 0 Å². The Balaban J connectivity index is 0.00000102. The van der Waals surface area contributed by atoms with Crippen molar-refractivity contribution in [1.29, 1.82) is 5.41 Å². The summed E-state index contributed by atoms with van der Waals surface area (Å²) in [6.07, 6.45) is 0. The van der Waals surface area contributed by atoms with Gasteiger partial charge in [-0.25, -0.2) is 8.78 Å². The number of halogens is 2. The Morgan fingerprint density at radius 3 is 2.30 bits per heavy atom. The predicted octanol–water partition coefficient (Wildman–Crippen LogP) is 3.22. The summed E-state index contributed by atoms with van der Waals surface area (Å²) < 4.78 is 29.3. The van der Waals surface area contributed by atoms with Crippen molar-refractivity contribution >= 4 is 27.6 Å². The number of hydrogen-bond acceptors (Lipinski definition) is 3. The summed E-state index contributed by atoms with van der Waals surface area (Å²) in [5.74, 6) is 6.85. The van der Waals surface area contributed by atoms with Gasteiger partial charge in [0.1, 0.15) is 17.5 Å². The van der Waals surface area contributed by atoms with Crippen molar-refractivity contribution in [3.63, 3.8) is 0 Å². The molecule has 0 atom stereocenters. The fourth-order valence-electron chi connectivity index (χ4n) is 3.21. The third kappa shape index (κ3) is 3.38. The van der Waals surface area contributed by atoms with Crippen LogP contribution in [0.2, 0.25) is 0 Å². The van der Waals surface area contributed by atoms with Crippen LogP contribution in [-0.2, 0) is 6.54 Å². The van der Waals surface area contributed by atoms with Crippen molar-refractivity contribution in [3.8, 4) is 0 Å². The molecule has 3 aromatic carbocycles. The van der Waals surface area contributed by atoms with Crippen molar-refractivity contribution in [2.45, 2.75) is 6.54 Å². The van der Waals surface area contributed by atoms with Crippen molar-refractivity contribution in [3.05, 3.63) is 83.4 Å². The predicted molar refractivity (Wildman–Crippen MR) is 104 cm³/mol. The van der Waals surface area contributed by atoms with Crippen molar-refractivity contribution in [2.24, 2.45) is 17.4 Å². The lowest BCUT2D eigenvalue weighted by molar-refractivity contribution is 0.568. The SMILES string of the molecule is N=C(N)c1ccc2c(c1)c1ccccc1n2Cc1ccc(F)cc1F.NN. The zero-order valence-corrected chi connectivity index (χ0v) is 14.4. The van der Waals surface area contributed by atoms with Gasteiger partial charge in [0.25, 0.3) is 0 Å². The molecule has 0 unspecified atom stereocenters. The third-order valence-electron chi connectivity index (χ3n) is 4.43. The van der Waals surface area contributed by atoms with E-state index in [1.807, 2.05) is 41.0 Å². The molecule has 0 aliphatic heterocycles. The number of amidine groups is 1. The zero-order chi connectivity index (χ0) is 19.6. The third-order valence-corrected chi connectivity index (χ3v) is 4.43. The van der Waals surface area contributed by atoms with E-state index in [2.05, 4.69) is 11.7 Å². The highest BCUT2D eigenvalue weighted by molar-refractivity contribution is 6.10. The molecule has 138 valence electrons. The lowest BCUT2D eigenvalue weighted by Crippen LogP contribution is -2.10. The van der Waals surface area contributed by atoms with Gasteiger partial charge in [-0.3, -0.25) is 17.1 Å². The smallest absolute Gasteiger partial charge is 0.131 e. The Kier molecular flexibility index (Phi) is 5.16. The summed E-state index contributed by atoms with van der Waals surface area (Å²) in [6, 6.07) is 17.0. The topological polar surface area (TPSA) is 107 Å². The van der Waals surface area contributed by atoms with E-state index >= 15 is 0 Å². The van der Waals surface area contributed by atoms with Crippen LogP contribution in [0.5, 0.6) is 0 Å². The molecule has 4 rings (SSSR count). The molecular formula is C20H19F2N5. The first-order valence-corrected chi connectivity index (χ1v) is 8.17. The van der Waals surface area contributed by atoms with E-state index in [0.717, 1.165) is 27.9 Å². The van der Waals surface area contributed by atoms with Crippen LogP contribution in [0, 0.1) is 17.0 Å². The maximum Gasteiger partial charge on any atom is 0.131 e. The van der Waals surface area contributed by atoms with E-state index in [1.54, 1.807) is 6.07 Å². The van der Waals surface area contributed by atoms with Crippen molar-refractivity contribution < 1.29 is 8.78 Å². The average Bonchev–Trinajstić information content (AvgIpc) is 2.99. The minimum Gasteiger partial charge on any atom is -0.384 e. The molecule has 4 aromatic rings. The lowest BCUT2D eigenvalue weighted by Gasteiger charge is -2.09. The Morgan fingerprint density at radius 2 is 1.59 bits per heavy atom. The van der Waals surface area contributed by atoms with Gasteiger partial charge < -0.3 is 10.3 Å². The molecule has 0 radical (unpaired) electrons. The number of nitrogens with zero attached hydrogens (tertiary/aromatic N) is 1. The molecule has 1 aromatic heterocycles. The molecular weight excluding hydrogens is 348 g/mol.